The molecular weight excluding hydrogens is 236 g/mol. The molecule has 1 atom stereocenters. The van der Waals surface area contributed by atoms with Crippen LogP contribution in [-0.4, -0.2) is 34.7 Å². The molecule has 1 aliphatic carbocycles. The van der Waals surface area contributed by atoms with Gasteiger partial charge in [0.1, 0.15) is 0 Å². The Morgan fingerprint density at radius 2 is 2.06 bits per heavy atom. The van der Waals surface area contributed by atoms with Crippen LogP contribution in [0.5, 0.6) is 0 Å². The highest BCUT2D eigenvalue weighted by molar-refractivity contribution is 5.20. The van der Waals surface area contributed by atoms with Crippen LogP contribution in [0.25, 0.3) is 0 Å². The maximum atomic E-state index is 13.1. The first-order valence-electron chi connectivity index (χ1n) is 6.46. The SMILES string of the molecule is OC1(Cc2ccc(F)c(F)c2)CCN(C2CC2)C1. The van der Waals surface area contributed by atoms with Crippen molar-refractivity contribution in [3.63, 3.8) is 0 Å². The summed E-state index contributed by atoms with van der Waals surface area (Å²) in [4.78, 5) is 2.31. The Hall–Kier alpha value is -1.00. The van der Waals surface area contributed by atoms with Crippen LogP contribution < -0.4 is 0 Å². The third-order valence-electron chi connectivity index (χ3n) is 3.94. The molecule has 0 bridgehead atoms. The van der Waals surface area contributed by atoms with E-state index in [0.29, 0.717) is 31.0 Å². The second kappa shape index (κ2) is 4.28. The van der Waals surface area contributed by atoms with Crippen LogP contribution in [0.15, 0.2) is 18.2 Å². The van der Waals surface area contributed by atoms with Crippen LogP contribution >= 0.6 is 0 Å². The van der Waals surface area contributed by atoms with Gasteiger partial charge in [-0.1, -0.05) is 6.07 Å². The number of benzene rings is 1. The largest absolute Gasteiger partial charge is 0.388 e. The molecule has 0 radical (unpaired) electrons. The van der Waals surface area contributed by atoms with Crippen molar-refractivity contribution >= 4 is 0 Å². The summed E-state index contributed by atoms with van der Waals surface area (Å²) in [5.74, 6) is -1.68. The van der Waals surface area contributed by atoms with E-state index in [1.165, 1.54) is 18.9 Å². The molecule has 1 aromatic carbocycles. The van der Waals surface area contributed by atoms with E-state index in [9.17, 15) is 13.9 Å². The Kier molecular flexibility index (Phi) is 2.87. The van der Waals surface area contributed by atoms with Gasteiger partial charge in [0.2, 0.25) is 0 Å². The van der Waals surface area contributed by atoms with Crippen molar-refractivity contribution in [1.82, 2.24) is 4.90 Å². The molecule has 0 aromatic heterocycles. The first-order chi connectivity index (χ1) is 8.56. The summed E-state index contributed by atoms with van der Waals surface area (Å²) in [6, 6.07) is 4.51. The lowest BCUT2D eigenvalue weighted by Gasteiger charge is -2.23. The third kappa shape index (κ3) is 2.40. The predicted octanol–water partition coefficient (Wildman–Crippen LogP) is 2.11. The Morgan fingerprint density at radius 3 is 2.72 bits per heavy atom. The number of likely N-dealkylation sites (tertiary alicyclic amines) is 1. The molecule has 1 saturated heterocycles. The van der Waals surface area contributed by atoms with Crippen molar-refractivity contribution in [1.29, 1.82) is 0 Å². The Balaban J connectivity index is 1.69. The molecule has 1 heterocycles. The minimum atomic E-state index is -0.840. The highest BCUT2D eigenvalue weighted by Gasteiger charge is 2.41. The zero-order valence-corrected chi connectivity index (χ0v) is 10.2. The first-order valence-corrected chi connectivity index (χ1v) is 6.46. The minimum absolute atomic E-state index is 0.396. The fraction of sp³-hybridized carbons (Fsp3) is 0.571. The van der Waals surface area contributed by atoms with Gasteiger partial charge < -0.3 is 5.11 Å². The van der Waals surface area contributed by atoms with E-state index in [0.717, 1.165) is 12.6 Å². The Labute approximate surface area is 105 Å². The van der Waals surface area contributed by atoms with Gasteiger partial charge in [0.05, 0.1) is 5.60 Å². The average molecular weight is 253 g/mol. The number of hydrogen-bond acceptors (Lipinski definition) is 2. The summed E-state index contributed by atoms with van der Waals surface area (Å²) in [5.41, 5.74) is -0.124. The summed E-state index contributed by atoms with van der Waals surface area (Å²) in [7, 11) is 0. The van der Waals surface area contributed by atoms with E-state index in [2.05, 4.69) is 4.90 Å². The lowest BCUT2D eigenvalue weighted by atomic mass is 9.94. The average Bonchev–Trinajstić information content (AvgIpc) is 3.09. The maximum Gasteiger partial charge on any atom is 0.159 e. The van der Waals surface area contributed by atoms with E-state index in [1.54, 1.807) is 6.07 Å². The number of halogens is 2. The van der Waals surface area contributed by atoms with Crippen LogP contribution in [0.3, 0.4) is 0 Å². The zero-order chi connectivity index (χ0) is 12.8. The van der Waals surface area contributed by atoms with E-state index in [1.807, 2.05) is 0 Å². The second-order valence-electron chi connectivity index (χ2n) is 5.60. The van der Waals surface area contributed by atoms with Crippen LogP contribution in [0.1, 0.15) is 24.8 Å². The van der Waals surface area contributed by atoms with E-state index < -0.39 is 17.2 Å². The van der Waals surface area contributed by atoms with Crippen molar-refractivity contribution in [3.05, 3.63) is 35.4 Å². The fourth-order valence-corrected chi connectivity index (χ4v) is 2.81. The summed E-state index contributed by atoms with van der Waals surface area (Å²) in [6.07, 6.45) is 3.55. The van der Waals surface area contributed by atoms with Crippen LogP contribution in [0.2, 0.25) is 0 Å². The van der Waals surface area contributed by atoms with E-state index in [-0.39, 0.29) is 0 Å². The van der Waals surface area contributed by atoms with Gasteiger partial charge in [-0.2, -0.15) is 0 Å². The van der Waals surface area contributed by atoms with Crippen molar-refractivity contribution < 1.29 is 13.9 Å². The molecule has 2 nitrogen and oxygen atoms in total. The molecule has 4 heteroatoms. The summed E-state index contributed by atoms with van der Waals surface area (Å²) < 4.78 is 26.0. The third-order valence-corrected chi connectivity index (χ3v) is 3.94. The number of β-amino-alcohol motifs (C(OH)–C–C–N with tert-alkyl or cyclic N) is 1. The molecule has 0 amide bonds. The molecule has 2 aliphatic rings. The standard InChI is InChI=1S/C14H17F2NO/c15-12-4-1-10(7-13(12)16)8-14(18)5-6-17(9-14)11-2-3-11/h1,4,7,11,18H,2-3,5-6,8-9H2. The topological polar surface area (TPSA) is 23.5 Å². The van der Waals surface area contributed by atoms with E-state index in [4.69, 9.17) is 0 Å². The van der Waals surface area contributed by atoms with Gasteiger partial charge in [0.25, 0.3) is 0 Å². The van der Waals surface area contributed by atoms with Gasteiger partial charge in [0, 0.05) is 25.6 Å². The minimum Gasteiger partial charge on any atom is -0.388 e. The first kappa shape index (κ1) is 12.1. The normalized spacial score (nSPS) is 28.8. The van der Waals surface area contributed by atoms with Gasteiger partial charge in [-0.15, -0.1) is 0 Å². The lowest BCUT2D eigenvalue weighted by molar-refractivity contribution is 0.0486. The number of rotatable bonds is 3. The van der Waals surface area contributed by atoms with Gasteiger partial charge >= 0.3 is 0 Å². The highest BCUT2D eigenvalue weighted by atomic mass is 19.2. The molecule has 1 saturated carbocycles. The van der Waals surface area contributed by atoms with Crippen LogP contribution in [0, 0.1) is 11.6 Å². The molecule has 1 N–H and O–H groups in total. The Morgan fingerprint density at radius 1 is 1.28 bits per heavy atom. The molecule has 1 unspecified atom stereocenters. The molecule has 3 rings (SSSR count). The van der Waals surface area contributed by atoms with Crippen molar-refractivity contribution in [2.45, 2.75) is 37.3 Å². The summed E-state index contributed by atoms with van der Waals surface area (Å²) >= 11 is 0. The molecular formula is C14H17F2NO. The Bertz CT molecular complexity index is 461. The maximum absolute atomic E-state index is 13.1. The zero-order valence-electron chi connectivity index (χ0n) is 10.2. The number of hydrogen-bond donors (Lipinski definition) is 1. The van der Waals surface area contributed by atoms with E-state index >= 15 is 0 Å². The summed E-state index contributed by atoms with van der Waals surface area (Å²) in [5, 5.41) is 10.5. The number of aliphatic hydroxyl groups is 1. The van der Waals surface area contributed by atoms with Gasteiger partial charge in [-0.25, -0.2) is 8.78 Å². The van der Waals surface area contributed by atoms with Crippen molar-refractivity contribution in [2.75, 3.05) is 13.1 Å². The quantitative estimate of drug-likeness (QED) is 0.891. The fourth-order valence-electron chi connectivity index (χ4n) is 2.81. The monoisotopic (exact) mass is 253 g/mol. The smallest absolute Gasteiger partial charge is 0.159 e. The van der Waals surface area contributed by atoms with Gasteiger partial charge in [-0.05, 0) is 37.0 Å². The number of nitrogens with zero attached hydrogens (tertiary/aromatic N) is 1. The molecule has 2 fully saturated rings. The summed E-state index contributed by atoms with van der Waals surface area (Å²) in [6.45, 7) is 1.56. The van der Waals surface area contributed by atoms with Crippen molar-refractivity contribution in [2.24, 2.45) is 0 Å². The lowest BCUT2D eigenvalue weighted by Crippen LogP contribution is -2.36. The molecule has 98 valence electrons. The van der Waals surface area contributed by atoms with Gasteiger partial charge in [-0.3, -0.25) is 4.90 Å². The predicted molar refractivity (Wildman–Crippen MR) is 64.2 cm³/mol. The van der Waals surface area contributed by atoms with Gasteiger partial charge in [0.15, 0.2) is 11.6 Å². The van der Waals surface area contributed by atoms with Crippen LogP contribution in [-0.2, 0) is 6.42 Å². The highest BCUT2D eigenvalue weighted by Crippen LogP contribution is 2.34. The molecule has 18 heavy (non-hydrogen) atoms. The molecule has 1 aromatic rings. The van der Waals surface area contributed by atoms with Crippen LogP contribution in [0.4, 0.5) is 8.78 Å². The van der Waals surface area contributed by atoms with Crippen molar-refractivity contribution in [3.8, 4) is 0 Å². The second-order valence-corrected chi connectivity index (χ2v) is 5.60. The molecule has 1 aliphatic heterocycles. The molecule has 0 spiro atoms.